The molecule has 0 aliphatic carbocycles. The van der Waals surface area contributed by atoms with Gasteiger partial charge in [0.1, 0.15) is 24.2 Å². The summed E-state index contributed by atoms with van der Waals surface area (Å²) in [6.45, 7) is 4.18. The molecule has 244 valence electrons. The molecule has 1 unspecified atom stereocenters. The Labute approximate surface area is 269 Å². The number of carbonyl (C=O) groups is 4. The Balaban J connectivity index is 1.40. The highest BCUT2D eigenvalue weighted by atomic mass is 32.2. The van der Waals surface area contributed by atoms with E-state index in [4.69, 9.17) is 18.9 Å². The SMILES string of the molecule is CCCCCCS[C@@H]1O[C@@H](CNC(=O)C2CCCN2C(=O)OCc2ccccc2)C[C@@H](OC(=O)c2ccccc2)[C@H]1OC(C)=O. The second kappa shape index (κ2) is 17.8. The third-order valence-electron chi connectivity index (χ3n) is 7.81. The molecule has 0 saturated carbocycles. The summed E-state index contributed by atoms with van der Waals surface area (Å²) in [4.78, 5) is 52.8. The molecule has 1 N–H and O–H groups in total. The van der Waals surface area contributed by atoms with Gasteiger partial charge in [-0.15, -0.1) is 11.8 Å². The fourth-order valence-electron chi connectivity index (χ4n) is 5.50. The first-order chi connectivity index (χ1) is 21.9. The van der Waals surface area contributed by atoms with E-state index >= 15 is 0 Å². The minimum atomic E-state index is -0.803. The Morgan fingerprint density at radius 3 is 2.42 bits per heavy atom. The predicted molar refractivity (Wildman–Crippen MR) is 170 cm³/mol. The van der Waals surface area contributed by atoms with Crippen molar-refractivity contribution in [1.82, 2.24) is 10.2 Å². The van der Waals surface area contributed by atoms with Crippen molar-refractivity contribution in [2.45, 2.75) is 95.2 Å². The van der Waals surface area contributed by atoms with Crippen LogP contribution in [0.1, 0.15) is 74.7 Å². The molecule has 0 aromatic heterocycles. The van der Waals surface area contributed by atoms with Crippen LogP contribution in [0.5, 0.6) is 0 Å². The minimum Gasteiger partial charge on any atom is -0.455 e. The Morgan fingerprint density at radius 2 is 1.71 bits per heavy atom. The van der Waals surface area contributed by atoms with E-state index < -0.39 is 47.8 Å². The Morgan fingerprint density at radius 1 is 0.978 bits per heavy atom. The first-order valence-electron chi connectivity index (χ1n) is 15.8. The molecule has 2 aromatic carbocycles. The Kier molecular flexibility index (Phi) is 13.6. The largest absolute Gasteiger partial charge is 0.455 e. The molecule has 2 aromatic rings. The molecule has 10 nitrogen and oxygen atoms in total. The van der Waals surface area contributed by atoms with Crippen molar-refractivity contribution >= 4 is 35.7 Å². The number of thioether (sulfide) groups is 1. The van der Waals surface area contributed by atoms with Crippen LogP contribution in [0.2, 0.25) is 0 Å². The highest BCUT2D eigenvalue weighted by Crippen LogP contribution is 2.33. The van der Waals surface area contributed by atoms with Crippen molar-refractivity contribution in [1.29, 1.82) is 0 Å². The summed E-state index contributed by atoms with van der Waals surface area (Å²) < 4.78 is 23.5. The van der Waals surface area contributed by atoms with Gasteiger partial charge in [0.15, 0.2) is 6.10 Å². The van der Waals surface area contributed by atoms with Crippen LogP contribution in [-0.4, -0.2) is 77.5 Å². The van der Waals surface area contributed by atoms with E-state index in [2.05, 4.69) is 12.2 Å². The van der Waals surface area contributed by atoms with Crippen LogP contribution in [-0.2, 0) is 35.1 Å². The summed E-state index contributed by atoms with van der Waals surface area (Å²) >= 11 is 1.52. The van der Waals surface area contributed by atoms with Gasteiger partial charge in [-0.1, -0.05) is 74.7 Å². The zero-order valence-electron chi connectivity index (χ0n) is 26.1. The number of esters is 2. The molecule has 5 atom stereocenters. The molecular weight excluding hydrogens is 596 g/mol. The fraction of sp³-hybridized carbons (Fsp3) is 0.529. The lowest BCUT2D eigenvalue weighted by Crippen LogP contribution is -2.54. The number of hydrogen-bond acceptors (Lipinski definition) is 9. The molecule has 0 radical (unpaired) electrons. The van der Waals surface area contributed by atoms with Crippen LogP contribution in [0.15, 0.2) is 60.7 Å². The maximum absolute atomic E-state index is 13.3. The number of likely N-dealkylation sites (tertiary alicyclic amines) is 1. The second-order valence-corrected chi connectivity index (χ2v) is 12.5. The third-order valence-corrected chi connectivity index (χ3v) is 9.04. The van der Waals surface area contributed by atoms with E-state index in [-0.39, 0.29) is 25.5 Å². The van der Waals surface area contributed by atoms with Gasteiger partial charge in [0.2, 0.25) is 5.91 Å². The lowest BCUT2D eigenvalue weighted by molar-refractivity contribution is -0.178. The number of carbonyl (C=O) groups excluding carboxylic acids is 4. The molecular formula is C34H44N2O8S. The molecule has 0 bridgehead atoms. The standard InChI is InChI=1S/C34H44N2O8S/c1-3-4-5-12-20-45-33-30(42-24(2)37)29(44-32(39)26-16-10-7-11-17-26)21-27(43-33)22-35-31(38)28-18-13-19-36(28)34(40)41-23-25-14-8-6-9-15-25/h6-11,14-17,27-30,33H,3-5,12-13,18-23H2,1-2H3,(H,35,38)/t27-,28?,29-,30-,33+/m1/s1. The summed E-state index contributed by atoms with van der Waals surface area (Å²) in [5, 5.41) is 2.95. The lowest BCUT2D eigenvalue weighted by atomic mass is 10.0. The van der Waals surface area contributed by atoms with Gasteiger partial charge >= 0.3 is 18.0 Å². The van der Waals surface area contributed by atoms with E-state index in [1.54, 1.807) is 24.3 Å². The van der Waals surface area contributed by atoms with Crippen LogP contribution >= 0.6 is 11.8 Å². The predicted octanol–water partition coefficient (Wildman–Crippen LogP) is 5.49. The highest BCUT2D eigenvalue weighted by molar-refractivity contribution is 7.99. The number of rotatable bonds is 14. The van der Waals surface area contributed by atoms with Crippen LogP contribution in [0.4, 0.5) is 4.79 Å². The van der Waals surface area contributed by atoms with Gasteiger partial charge in [-0.05, 0) is 42.7 Å². The third kappa shape index (κ3) is 10.5. The van der Waals surface area contributed by atoms with Crippen molar-refractivity contribution in [3.05, 3.63) is 71.8 Å². The topological polar surface area (TPSA) is 120 Å². The smallest absolute Gasteiger partial charge is 0.410 e. The van der Waals surface area contributed by atoms with Crippen LogP contribution in [0.25, 0.3) is 0 Å². The van der Waals surface area contributed by atoms with Gasteiger partial charge in [-0.25, -0.2) is 9.59 Å². The molecule has 2 saturated heterocycles. The van der Waals surface area contributed by atoms with Crippen molar-refractivity contribution in [2.24, 2.45) is 0 Å². The normalized spacial score (nSPS) is 22.8. The van der Waals surface area contributed by atoms with Gasteiger partial charge in [0, 0.05) is 26.4 Å². The molecule has 2 amide bonds. The summed E-state index contributed by atoms with van der Waals surface area (Å²) in [5.74, 6) is -0.530. The average Bonchev–Trinajstić information content (AvgIpc) is 3.55. The van der Waals surface area contributed by atoms with E-state index in [9.17, 15) is 19.2 Å². The van der Waals surface area contributed by atoms with Gasteiger partial charge in [0.05, 0.1) is 11.7 Å². The number of nitrogens with zero attached hydrogens (tertiary/aromatic N) is 1. The summed E-state index contributed by atoms with van der Waals surface area (Å²) in [6.07, 6.45) is 3.11. The van der Waals surface area contributed by atoms with Crippen molar-refractivity contribution in [2.75, 3.05) is 18.8 Å². The highest BCUT2D eigenvalue weighted by Gasteiger charge is 2.44. The van der Waals surface area contributed by atoms with Crippen LogP contribution in [0.3, 0.4) is 0 Å². The van der Waals surface area contributed by atoms with Gasteiger partial charge in [0.25, 0.3) is 0 Å². The Hall–Kier alpha value is -3.57. The number of nitrogens with one attached hydrogen (secondary N) is 1. The molecule has 4 rings (SSSR count). The minimum absolute atomic E-state index is 0.129. The fourth-order valence-corrected chi connectivity index (χ4v) is 6.75. The molecule has 2 aliphatic rings. The molecule has 11 heteroatoms. The number of unbranched alkanes of at least 4 members (excludes halogenated alkanes) is 3. The Bertz CT molecular complexity index is 1250. The maximum Gasteiger partial charge on any atom is 0.410 e. The lowest BCUT2D eigenvalue weighted by Gasteiger charge is -2.40. The number of benzene rings is 2. The van der Waals surface area contributed by atoms with Gasteiger partial charge in [-0.2, -0.15) is 0 Å². The number of hydrogen-bond donors (Lipinski definition) is 1. The number of amides is 2. The molecule has 0 spiro atoms. The summed E-state index contributed by atoms with van der Waals surface area (Å²) in [6, 6.07) is 17.4. The maximum atomic E-state index is 13.3. The average molecular weight is 641 g/mol. The van der Waals surface area contributed by atoms with E-state index in [1.165, 1.54) is 23.6 Å². The van der Waals surface area contributed by atoms with E-state index in [0.29, 0.717) is 24.9 Å². The first-order valence-corrected chi connectivity index (χ1v) is 16.9. The van der Waals surface area contributed by atoms with Crippen molar-refractivity contribution in [3.63, 3.8) is 0 Å². The summed E-state index contributed by atoms with van der Waals surface area (Å²) in [5.41, 5.74) is 0.670. The zero-order chi connectivity index (χ0) is 32.0. The van der Waals surface area contributed by atoms with Crippen molar-refractivity contribution < 1.29 is 38.1 Å². The van der Waals surface area contributed by atoms with E-state index in [1.807, 2.05) is 36.4 Å². The van der Waals surface area contributed by atoms with E-state index in [0.717, 1.165) is 37.0 Å². The number of ether oxygens (including phenoxy) is 4. The summed E-state index contributed by atoms with van der Waals surface area (Å²) in [7, 11) is 0. The van der Waals surface area contributed by atoms with Crippen LogP contribution in [0, 0.1) is 0 Å². The zero-order valence-corrected chi connectivity index (χ0v) is 26.9. The van der Waals surface area contributed by atoms with Crippen molar-refractivity contribution in [3.8, 4) is 0 Å². The first kappa shape index (κ1) is 34.3. The molecule has 45 heavy (non-hydrogen) atoms. The van der Waals surface area contributed by atoms with Gasteiger partial charge in [-0.3, -0.25) is 14.5 Å². The van der Waals surface area contributed by atoms with Gasteiger partial charge < -0.3 is 24.3 Å². The monoisotopic (exact) mass is 640 g/mol. The molecule has 2 heterocycles. The molecule has 2 fully saturated rings. The quantitative estimate of drug-likeness (QED) is 0.162. The second-order valence-electron chi connectivity index (χ2n) is 11.3. The van der Waals surface area contributed by atoms with Crippen LogP contribution < -0.4 is 5.32 Å². The molecule has 2 aliphatic heterocycles.